The number of nitrogens with zero attached hydrogens (tertiary/aromatic N) is 2. The third-order valence-electron chi connectivity index (χ3n) is 2.33. The van der Waals surface area contributed by atoms with Crippen LogP contribution >= 0.6 is 11.6 Å². The average Bonchev–Trinajstić information content (AvgIpc) is 2.19. The Labute approximate surface area is 89.9 Å². The first-order valence-electron chi connectivity index (χ1n) is 4.97. The molecule has 14 heavy (non-hydrogen) atoms. The number of halogens is 1. The average molecular weight is 214 g/mol. The van der Waals surface area contributed by atoms with Gasteiger partial charge in [-0.2, -0.15) is 0 Å². The van der Waals surface area contributed by atoms with E-state index in [2.05, 4.69) is 29.1 Å². The van der Waals surface area contributed by atoms with E-state index in [1.54, 1.807) is 6.20 Å². The zero-order chi connectivity index (χ0) is 10.4. The molecule has 0 aliphatic heterocycles. The van der Waals surface area contributed by atoms with E-state index in [9.17, 15) is 0 Å². The zero-order valence-electron chi connectivity index (χ0n) is 8.63. The molecule has 1 aromatic heterocycles. The number of hydrogen-bond donors (Lipinski definition) is 1. The highest BCUT2D eigenvalue weighted by molar-refractivity contribution is 6.29. The van der Waals surface area contributed by atoms with E-state index in [-0.39, 0.29) is 0 Å². The topological polar surface area (TPSA) is 37.8 Å². The molecule has 0 bridgehead atoms. The zero-order valence-corrected chi connectivity index (χ0v) is 9.38. The first kappa shape index (κ1) is 11.2. The van der Waals surface area contributed by atoms with Gasteiger partial charge in [0.2, 0.25) is 0 Å². The molecule has 0 radical (unpaired) electrons. The number of anilines is 1. The lowest BCUT2D eigenvalue weighted by Gasteiger charge is -2.13. The second kappa shape index (κ2) is 5.81. The third kappa shape index (κ3) is 3.50. The molecule has 0 aliphatic rings. The smallest absolute Gasteiger partial charge is 0.149 e. The second-order valence-electron chi connectivity index (χ2n) is 3.29. The Kier molecular flexibility index (Phi) is 4.66. The van der Waals surface area contributed by atoms with Crippen LogP contribution in [-0.2, 0) is 0 Å². The van der Waals surface area contributed by atoms with Crippen LogP contribution in [0.3, 0.4) is 0 Å². The molecule has 1 heterocycles. The summed E-state index contributed by atoms with van der Waals surface area (Å²) in [5.41, 5.74) is 0. The van der Waals surface area contributed by atoms with Crippen molar-refractivity contribution in [2.75, 3.05) is 11.9 Å². The van der Waals surface area contributed by atoms with Crippen molar-refractivity contribution in [3.8, 4) is 0 Å². The van der Waals surface area contributed by atoms with Crippen molar-refractivity contribution >= 4 is 17.4 Å². The molecule has 3 nitrogen and oxygen atoms in total. The third-order valence-corrected chi connectivity index (χ3v) is 2.51. The molecule has 4 heteroatoms. The molecule has 0 aliphatic carbocycles. The molecule has 0 fully saturated rings. The lowest BCUT2D eigenvalue weighted by molar-refractivity contribution is 0.518. The molecule has 0 unspecified atom stereocenters. The van der Waals surface area contributed by atoms with Crippen molar-refractivity contribution < 1.29 is 0 Å². The Hall–Kier alpha value is -0.830. The van der Waals surface area contributed by atoms with E-state index in [1.807, 2.05) is 0 Å². The van der Waals surface area contributed by atoms with Crippen LogP contribution < -0.4 is 5.32 Å². The van der Waals surface area contributed by atoms with E-state index >= 15 is 0 Å². The highest BCUT2D eigenvalue weighted by Crippen LogP contribution is 2.10. The van der Waals surface area contributed by atoms with Gasteiger partial charge in [-0.25, -0.2) is 4.98 Å². The summed E-state index contributed by atoms with van der Waals surface area (Å²) in [6, 6.07) is 0. The van der Waals surface area contributed by atoms with Gasteiger partial charge in [0.1, 0.15) is 11.0 Å². The first-order chi connectivity index (χ1) is 6.76. The predicted octanol–water partition coefficient (Wildman–Crippen LogP) is 2.98. The number of hydrogen-bond acceptors (Lipinski definition) is 3. The van der Waals surface area contributed by atoms with Gasteiger partial charge in [0.25, 0.3) is 0 Å². The van der Waals surface area contributed by atoms with Crippen LogP contribution in [0.1, 0.15) is 26.7 Å². The maximum absolute atomic E-state index is 5.71. The number of rotatable bonds is 5. The Balaban J connectivity index is 2.44. The van der Waals surface area contributed by atoms with Crippen LogP contribution in [0.15, 0.2) is 12.4 Å². The lowest BCUT2D eigenvalue weighted by atomic mass is 10.0. The minimum absolute atomic E-state index is 0.430. The molecule has 0 amide bonds. The highest BCUT2D eigenvalue weighted by Gasteiger charge is 2.03. The van der Waals surface area contributed by atoms with Gasteiger partial charge < -0.3 is 5.32 Å². The summed E-state index contributed by atoms with van der Waals surface area (Å²) >= 11 is 5.71. The molecule has 0 saturated heterocycles. The molecular weight excluding hydrogens is 198 g/mol. The monoisotopic (exact) mass is 213 g/mol. The van der Waals surface area contributed by atoms with Crippen LogP contribution in [-0.4, -0.2) is 16.5 Å². The quantitative estimate of drug-likeness (QED) is 0.817. The van der Waals surface area contributed by atoms with E-state index in [4.69, 9.17) is 11.6 Å². The molecule has 0 spiro atoms. The van der Waals surface area contributed by atoms with Gasteiger partial charge in [0.05, 0.1) is 12.4 Å². The van der Waals surface area contributed by atoms with Gasteiger partial charge >= 0.3 is 0 Å². The highest BCUT2D eigenvalue weighted by atomic mass is 35.5. The van der Waals surface area contributed by atoms with Crippen molar-refractivity contribution in [2.24, 2.45) is 5.92 Å². The summed E-state index contributed by atoms with van der Waals surface area (Å²) in [6.07, 6.45) is 5.58. The largest absolute Gasteiger partial charge is 0.368 e. The van der Waals surface area contributed by atoms with Crippen LogP contribution in [0.5, 0.6) is 0 Å². The van der Waals surface area contributed by atoms with E-state index in [0.717, 1.165) is 12.4 Å². The minimum atomic E-state index is 0.430. The van der Waals surface area contributed by atoms with Crippen LogP contribution in [0.25, 0.3) is 0 Å². The number of aromatic nitrogens is 2. The maximum atomic E-state index is 5.71. The molecule has 1 aromatic rings. The summed E-state index contributed by atoms with van der Waals surface area (Å²) in [6.45, 7) is 5.32. The first-order valence-corrected chi connectivity index (χ1v) is 5.35. The molecule has 0 aromatic carbocycles. The fourth-order valence-corrected chi connectivity index (χ4v) is 1.40. The van der Waals surface area contributed by atoms with Crippen LogP contribution in [0.4, 0.5) is 5.82 Å². The van der Waals surface area contributed by atoms with Gasteiger partial charge in [-0.15, -0.1) is 0 Å². The molecule has 1 N–H and O–H groups in total. The van der Waals surface area contributed by atoms with E-state index in [1.165, 1.54) is 19.0 Å². The van der Waals surface area contributed by atoms with Gasteiger partial charge in [-0.1, -0.05) is 38.3 Å². The Morgan fingerprint density at radius 3 is 2.64 bits per heavy atom. The normalized spacial score (nSPS) is 10.6. The van der Waals surface area contributed by atoms with Crippen molar-refractivity contribution in [3.63, 3.8) is 0 Å². The lowest BCUT2D eigenvalue weighted by Crippen LogP contribution is -2.13. The second-order valence-corrected chi connectivity index (χ2v) is 3.68. The van der Waals surface area contributed by atoms with Gasteiger partial charge in [-0.05, 0) is 5.92 Å². The Bertz CT molecular complexity index is 274. The van der Waals surface area contributed by atoms with E-state index < -0.39 is 0 Å². The molecule has 0 saturated carbocycles. The van der Waals surface area contributed by atoms with Crippen molar-refractivity contribution in [1.82, 2.24) is 9.97 Å². The van der Waals surface area contributed by atoms with E-state index in [0.29, 0.717) is 11.1 Å². The van der Waals surface area contributed by atoms with Crippen molar-refractivity contribution in [2.45, 2.75) is 26.7 Å². The fourth-order valence-electron chi connectivity index (χ4n) is 1.25. The Morgan fingerprint density at radius 2 is 2.07 bits per heavy atom. The fraction of sp³-hybridized carbons (Fsp3) is 0.600. The summed E-state index contributed by atoms with van der Waals surface area (Å²) in [4.78, 5) is 8.06. The van der Waals surface area contributed by atoms with Crippen molar-refractivity contribution in [3.05, 3.63) is 17.5 Å². The molecule has 0 atom stereocenters. The predicted molar refractivity (Wildman–Crippen MR) is 59.6 cm³/mol. The SMILES string of the molecule is CCC(CC)CNc1cncc(Cl)n1. The van der Waals surface area contributed by atoms with Crippen LogP contribution in [0.2, 0.25) is 5.15 Å². The minimum Gasteiger partial charge on any atom is -0.368 e. The maximum Gasteiger partial charge on any atom is 0.149 e. The van der Waals surface area contributed by atoms with Gasteiger partial charge in [0.15, 0.2) is 0 Å². The summed E-state index contributed by atoms with van der Waals surface area (Å²) in [7, 11) is 0. The van der Waals surface area contributed by atoms with Crippen LogP contribution in [0, 0.1) is 5.92 Å². The van der Waals surface area contributed by atoms with Crippen molar-refractivity contribution in [1.29, 1.82) is 0 Å². The summed E-state index contributed by atoms with van der Waals surface area (Å²) in [5.74, 6) is 1.44. The summed E-state index contributed by atoms with van der Waals surface area (Å²) in [5, 5.41) is 3.66. The molecular formula is C10H16ClN3. The van der Waals surface area contributed by atoms with Gasteiger partial charge in [-0.3, -0.25) is 4.98 Å². The number of nitrogens with one attached hydrogen (secondary N) is 1. The molecule has 78 valence electrons. The van der Waals surface area contributed by atoms with Gasteiger partial charge in [0, 0.05) is 6.54 Å². The summed E-state index contributed by atoms with van der Waals surface area (Å²) < 4.78 is 0. The standard InChI is InChI=1S/C10H16ClN3/c1-3-8(4-2)5-13-10-7-12-6-9(11)14-10/h6-8H,3-5H2,1-2H3,(H,13,14). The Morgan fingerprint density at radius 1 is 1.36 bits per heavy atom. The molecule has 1 rings (SSSR count).